The standard InChI is InChI=1S/C10H7ClF3NO/c11-8-5-7(10(12,13)14)6-15-9(8)3-1-2-4-16/h1,3-6H,2H2. The molecule has 0 bridgehead atoms. The molecule has 0 N–H and O–H groups in total. The lowest BCUT2D eigenvalue weighted by atomic mass is 10.2. The van der Waals surface area contributed by atoms with Crippen molar-refractivity contribution in [2.24, 2.45) is 0 Å². The van der Waals surface area contributed by atoms with Crippen LogP contribution in [0.2, 0.25) is 5.02 Å². The molecule has 1 aromatic rings. The summed E-state index contributed by atoms with van der Waals surface area (Å²) >= 11 is 5.61. The van der Waals surface area contributed by atoms with Crippen LogP contribution in [0.5, 0.6) is 0 Å². The van der Waals surface area contributed by atoms with Gasteiger partial charge in [0.25, 0.3) is 0 Å². The van der Waals surface area contributed by atoms with Crippen LogP contribution in [0.1, 0.15) is 17.7 Å². The number of allylic oxidation sites excluding steroid dienone is 1. The van der Waals surface area contributed by atoms with E-state index in [0.29, 0.717) is 12.5 Å². The molecule has 0 aliphatic rings. The topological polar surface area (TPSA) is 30.0 Å². The third-order valence-electron chi connectivity index (χ3n) is 1.70. The van der Waals surface area contributed by atoms with E-state index in [1.807, 2.05) is 0 Å². The molecular weight excluding hydrogens is 243 g/mol. The van der Waals surface area contributed by atoms with Gasteiger partial charge in [-0.25, -0.2) is 0 Å². The summed E-state index contributed by atoms with van der Waals surface area (Å²) in [7, 11) is 0. The van der Waals surface area contributed by atoms with Gasteiger partial charge < -0.3 is 4.79 Å². The second-order valence-corrected chi connectivity index (χ2v) is 3.30. The fraction of sp³-hybridized carbons (Fsp3) is 0.200. The number of hydrogen-bond acceptors (Lipinski definition) is 2. The molecule has 0 aliphatic carbocycles. The molecular formula is C10H7ClF3NO. The minimum atomic E-state index is -4.46. The van der Waals surface area contributed by atoms with E-state index in [-0.39, 0.29) is 17.1 Å². The minimum Gasteiger partial charge on any atom is -0.303 e. The Kier molecular flexibility index (Phi) is 4.06. The molecule has 86 valence electrons. The highest BCUT2D eigenvalue weighted by Crippen LogP contribution is 2.31. The van der Waals surface area contributed by atoms with Crippen LogP contribution >= 0.6 is 11.6 Å². The molecule has 0 radical (unpaired) electrons. The zero-order valence-electron chi connectivity index (χ0n) is 7.96. The second-order valence-electron chi connectivity index (χ2n) is 2.89. The Morgan fingerprint density at radius 3 is 2.62 bits per heavy atom. The van der Waals surface area contributed by atoms with E-state index in [1.54, 1.807) is 0 Å². The first-order valence-corrected chi connectivity index (χ1v) is 4.66. The number of carbonyl (C=O) groups excluding carboxylic acids is 1. The van der Waals surface area contributed by atoms with Crippen molar-refractivity contribution >= 4 is 24.0 Å². The van der Waals surface area contributed by atoms with Crippen molar-refractivity contribution in [3.8, 4) is 0 Å². The second kappa shape index (κ2) is 5.12. The first-order chi connectivity index (χ1) is 7.45. The number of aromatic nitrogens is 1. The fourth-order valence-corrected chi connectivity index (χ4v) is 1.19. The Morgan fingerprint density at radius 1 is 1.44 bits per heavy atom. The molecule has 0 saturated carbocycles. The molecule has 0 aliphatic heterocycles. The highest BCUT2D eigenvalue weighted by atomic mass is 35.5. The van der Waals surface area contributed by atoms with E-state index in [9.17, 15) is 18.0 Å². The van der Waals surface area contributed by atoms with Gasteiger partial charge in [-0.2, -0.15) is 13.2 Å². The van der Waals surface area contributed by atoms with Crippen molar-refractivity contribution in [2.45, 2.75) is 12.6 Å². The summed E-state index contributed by atoms with van der Waals surface area (Å²) in [6.07, 6.45) is -0.0625. The molecule has 0 amide bonds. The third-order valence-corrected chi connectivity index (χ3v) is 2.01. The van der Waals surface area contributed by atoms with Crippen molar-refractivity contribution in [1.82, 2.24) is 4.98 Å². The average Bonchev–Trinajstić information content (AvgIpc) is 2.19. The van der Waals surface area contributed by atoms with Gasteiger partial charge in [-0.3, -0.25) is 4.98 Å². The molecule has 2 nitrogen and oxygen atoms in total. The lowest BCUT2D eigenvalue weighted by Crippen LogP contribution is -2.05. The molecule has 1 heterocycles. The summed E-state index contributed by atoms with van der Waals surface area (Å²) in [6, 6.07) is 0.801. The number of rotatable bonds is 3. The van der Waals surface area contributed by atoms with Crippen molar-refractivity contribution in [3.05, 3.63) is 34.6 Å². The van der Waals surface area contributed by atoms with E-state index in [2.05, 4.69) is 4.98 Å². The highest BCUT2D eigenvalue weighted by Gasteiger charge is 2.31. The monoisotopic (exact) mass is 249 g/mol. The van der Waals surface area contributed by atoms with E-state index in [0.717, 1.165) is 6.07 Å². The summed E-state index contributed by atoms with van der Waals surface area (Å²) in [5, 5.41) is -0.100. The highest BCUT2D eigenvalue weighted by molar-refractivity contribution is 6.31. The number of hydrogen-bond donors (Lipinski definition) is 0. The zero-order chi connectivity index (χ0) is 12.2. The molecule has 16 heavy (non-hydrogen) atoms. The van der Waals surface area contributed by atoms with Crippen LogP contribution in [0.4, 0.5) is 13.2 Å². The molecule has 0 atom stereocenters. The Hall–Kier alpha value is -1.36. The number of halogens is 4. The summed E-state index contributed by atoms with van der Waals surface area (Å²) in [6.45, 7) is 0. The number of aldehydes is 1. The predicted molar refractivity (Wildman–Crippen MR) is 54.0 cm³/mol. The van der Waals surface area contributed by atoms with Gasteiger partial charge in [-0.1, -0.05) is 17.7 Å². The van der Waals surface area contributed by atoms with Gasteiger partial charge in [0.15, 0.2) is 0 Å². The molecule has 0 unspecified atom stereocenters. The first kappa shape index (κ1) is 12.7. The van der Waals surface area contributed by atoms with Crippen LogP contribution in [-0.4, -0.2) is 11.3 Å². The maximum Gasteiger partial charge on any atom is 0.417 e. The molecule has 0 fully saturated rings. The van der Waals surface area contributed by atoms with Crippen LogP contribution < -0.4 is 0 Å². The van der Waals surface area contributed by atoms with Crippen molar-refractivity contribution in [2.75, 3.05) is 0 Å². The molecule has 1 aromatic heterocycles. The van der Waals surface area contributed by atoms with Crippen molar-refractivity contribution in [3.63, 3.8) is 0 Å². The molecule has 0 spiro atoms. The number of carbonyl (C=O) groups is 1. The minimum absolute atomic E-state index is 0.100. The summed E-state index contributed by atoms with van der Waals surface area (Å²) in [5.41, 5.74) is -0.693. The van der Waals surface area contributed by atoms with Gasteiger partial charge in [0.1, 0.15) is 6.29 Å². The Labute approximate surface area is 94.7 Å². The van der Waals surface area contributed by atoms with E-state index in [4.69, 9.17) is 11.6 Å². The van der Waals surface area contributed by atoms with Crippen LogP contribution in [0.3, 0.4) is 0 Å². The third kappa shape index (κ3) is 3.34. The number of pyridine rings is 1. The van der Waals surface area contributed by atoms with E-state index < -0.39 is 11.7 Å². The Balaban J connectivity index is 2.96. The SMILES string of the molecule is O=CCC=Cc1ncc(C(F)(F)F)cc1Cl. The largest absolute Gasteiger partial charge is 0.417 e. The fourth-order valence-electron chi connectivity index (χ4n) is 0.961. The van der Waals surface area contributed by atoms with Crippen LogP contribution in [0, 0.1) is 0 Å². The maximum absolute atomic E-state index is 12.2. The van der Waals surface area contributed by atoms with Gasteiger partial charge >= 0.3 is 6.18 Å². The molecule has 0 aromatic carbocycles. The average molecular weight is 250 g/mol. The van der Waals surface area contributed by atoms with Crippen LogP contribution in [0.15, 0.2) is 18.3 Å². The van der Waals surface area contributed by atoms with Gasteiger partial charge in [0.05, 0.1) is 16.3 Å². The van der Waals surface area contributed by atoms with Gasteiger partial charge in [-0.05, 0) is 12.1 Å². The van der Waals surface area contributed by atoms with Crippen molar-refractivity contribution < 1.29 is 18.0 Å². The molecule has 1 rings (SSSR count). The van der Waals surface area contributed by atoms with E-state index >= 15 is 0 Å². The van der Waals surface area contributed by atoms with Crippen LogP contribution in [-0.2, 0) is 11.0 Å². The lowest BCUT2D eigenvalue weighted by molar-refractivity contribution is -0.137. The molecule has 0 saturated heterocycles. The van der Waals surface area contributed by atoms with Crippen LogP contribution in [0.25, 0.3) is 6.08 Å². The summed E-state index contributed by atoms with van der Waals surface area (Å²) in [4.78, 5) is 13.6. The smallest absolute Gasteiger partial charge is 0.303 e. The summed E-state index contributed by atoms with van der Waals surface area (Å²) in [5.74, 6) is 0. The zero-order valence-corrected chi connectivity index (χ0v) is 8.72. The van der Waals surface area contributed by atoms with Gasteiger partial charge in [0.2, 0.25) is 0 Å². The number of nitrogens with zero attached hydrogens (tertiary/aromatic N) is 1. The number of alkyl halides is 3. The van der Waals surface area contributed by atoms with Crippen molar-refractivity contribution in [1.29, 1.82) is 0 Å². The quantitative estimate of drug-likeness (QED) is 0.769. The van der Waals surface area contributed by atoms with Gasteiger partial charge in [0, 0.05) is 12.6 Å². The normalized spacial score (nSPS) is 12.0. The van der Waals surface area contributed by atoms with Gasteiger partial charge in [-0.15, -0.1) is 0 Å². The Morgan fingerprint density at radius 2 is 2.12 bits per heavy atom. The maximum atomic E-state index is 12.2. The molecule has 6 heteroatoms. The lowest BCUT2D eigenvalue weighted by Gasteiger charge is -2.06. The predicted octanol–water partition coefficient (Wildman–Crippen LogP) is 3.36. The summed E-state index contributed by atoms with van der Waals surface area (Å²) < 4.78 is 36.7. The first-order valence-electron chi connectivity index (χ1n) is 4.28. The Bertz CT molecular complexity index is 415. The van der Waals surface area contributed by atoms with E-state index in [1.165, 1.54) is 12.2 Å².